The number of rotatable bonds is 5. The summed E-state index contributed by atoms with van der Waals surface area (Å²) in [7, 11) is 0. The van der Waals surface area contributed by atoms with Crippen LogP contribution >= 0.6 is 11.8 Å². The number of nitrogens with one attached hydrogen (secondary N) is 1. The molecule has 0 aromatic rings. The Kier molecular flexibility index (Phi) is 6.49. The summed E-state index contributed by atoms with van der Waals surface area (Å²) < 4.78 is 36.7. The molecule has 7 atom stereocenters. The molecular formula is C24H34F3NO3S. The number of fused-ring (bicyclic) bond motifs is 5. The second kappa shape index (κ2) is 8.62. The van der Waals surface area contributed by atoms with E-state index in [1.165, 1.54) is 0 Å². The highest BCUT2D eigenvalue weighted by Gasteiger charge is 2.62. The average molecular weight is 474 g/mol. The zero-order valence-corrected chi connectivity index (χ0v) is 19.7. The van der Waals surface area contributed by atoms with Crippen molar-refractivity contribution in [2.24, 2.45) is 34.5 Å². The predicted molar refractivity (Wildman–Crippen MR) is 117 cm³/mol. The molecule has 1 N–H and O–H groups in total. The Labute approximate surface area is 192 Å². The van der Waals surface area contributed by atoms with Gasteiger partial charge in [0.1, 0.15) is 11.6 Å². The van der Waals surface area contributed by atoms with Gasteiger partial charge in [0.2, 0.25) is 0 Å². The van der Waals surface area contributed by atoms with Gasteiger partial charge in [0.05, 0.1) is 0 Å². The number of amides is 1. The lowest BCUT2D eigenvalue weighted by atomic mass is 9.45. The number of halogens is 3. The van der Waals surface area contributed by atoms with Gasteiger partial charge in [0.15, 0.2) is 0 Å². The lowest BCUT2D eigenvalue weighted by molar-refractivity contribution is -0.173. The Morgan fingerprint density at radius 2 is 1.88 bits per heavy atom. The van der Waals surface area contributed by atoms with Crippen LogP contribution in [0.3, 0.4) is 0 Å². The maximum absolute atomic E-state index is 13.3. The van der Waals surface area contributed by atoms with E-state index in [1.54, 1.807) is 11.8 Å². The molecule has 32 heavy (non-hydrogen) atoms. The Bertz CT molecular complexity index is 787. The number of Topliss-reactive ketones (excluding diaryl/α,β-unsaturated/α-hetero) is 2. The van der Waals surface area contributed by atoms with Gasteiger partial charge in [-0.1, -0.05) is 13.8 Å². The molecule has 1 amide bonds. The summed E-state index contributed by atoms with van der Waals surface area (Å²) in [5.74, 6) is 0.816. The van der Waals surface area contributed by atoms with Gasteiger partial charge < -0.3 is 5.32 Å². The minimum atomic E-state index is -4.83. The second-order valence-corrected chi connectivity index (χ2v) is 12.3. The third-order valence-electron chi connectivity index (χ3n) is 9.34. The van der Waals surface area contributed by atoms with Gasteiger partial charge in [0, 0.05) is 36.0 Å². The quantitative estimate of drug-likeness (QED) is 0.574. The molecule has 0 aromatic carbocycles. The summed E-state index contributed by atoms with van der Waals surface area (Å²) in [6.45, 7) is 4.45. The molecule has 180 valence electrons. The highest BCUT2D eigenvalue weighted by molar-refractivity contribution is 7.99. The van der Waals surface area contributed by atoms with Crippen LogP contribution in [0.4, 0.5) is 13.2 Å². The SMILES string of the molecule is C[C@]12CC[C@H](SCCCNC(=O)C(F)(F)F)CC1C(=O)C[C@@H]1[C@@H]2CC[C@]2(C)C(=O)CC[C@@H]12. The molecule has 4 rings (SSSR count). The van der Waals surface area contributed by atoms with Crippen LogP contribution in [0.1, 0.15) is 71.6 Å². The van der Waals surface area contributed by atoms with E-state index in [2.05, 4.69) is 13.8 Å². The third-order valence-corrected chi connectivity index (χ3v) is 10.8. The van der Waals surface area contributed by atoms with E-state index in [0.29, 0.717) is 59.6 Å². The van der Waals surface area contributed by atoms with E-state index in [9.17, 15) is 27.6 Å². The monoisotopic (exact) mass is 473 g/mol. The Hall–Kier alpha value is -1.05. The molecule has 0 radical (unpaired) electrons. The van der Waals surface area contributed by atoms with E-state index in [4.69, 9.17) is 0 Å². The maximum Gasteiger partial charge on any atom is 0.471 e. The van der Waals surface area contributed by atoms with E-state index >= 15 is 0 Å². The molecule has 0 saturated heterocycles. The number of thioether (sulfide) groups is 1. The van der Waals surface area contributed by atoms with Crippen molar-refractivity contribution in [3.63, 3.8) is 0 Å². The first-order valence-corrected chi connectivity index (χ1v) is 13.0. The molecule has 1 unspecified atom stereocenters. The molecule has 0 spiro atoms. The lowest BCUT2D eigenvalue weighted by Gasteiger charge is -2.59. The normalized spacial score (nSPS) is 41.6. The number of carbonyl (C=O) groups is 3. The van der Waals surface area contributed by atoms with Crippen molar-refractivity contribution in [3.05, 3.63) is 0 Å². The molecule has 0 bridgehead atoms. The van der Waals surface area contributed by atoms with E-state index in [-0.39, 0.29) is 23.3 Å². The topological polar surface area (TPSA) is 63.2 Å². The summed E-state index contributed by atoms with van der Waals surface area (Å²) in [4.78, 5) is 36.7. The standard InChI is InChI=1S/C24H34F3NO3S/c1-22-8-6-14(32-11-3-10-28-21(31)24(25,26)27)12-18(22)19(29)13-15-16-4-5-20(30)23(16,2)9-7-17(15)22/h14-18H,3-13H2,1-2H3,(H,28,31)/t14-,15-,16-,17-,18?,22+,23-/m0/s1. The fourth-order valence-corrected chi connectivity index (χ4v) is 8.81. The van der Waals surface area contributed by atoms with Gasteiger partial charge in [-0.3, -0.25) is 14.4 Å². The molecule has 4 aliphatic carbocycles. The smallest absolute Gasteiger partial charge is 0.348 e. The summed E-state index contributed by atoms with van der Waals surface area (Å²) >= 11 is 1.73. The van der Waals surface area contributed by atoms with Gasteiger partial charge in [0.25, 0.3) is 0 Å². The first-order chi connectivity index (χ1) is 15.0. The van der Waals surface area contributed by atoms with Crippen LogP contribution in [0.2, 0.25) is 0 Å². The molecular weight excluding hydrogens is 439 g/mol. The largest absolute Gasteiger partial charge is 0.471 e. The molecule has 4 saturated carbocycles. The van der Waals surface area contributed by atoms with Crippen LogP contribution in [0.5, 0.6) is 0 Å². The number of alkyl halides is 3. The van der Waals surface area contributed by atoms with E-state index in [0.717, 1.165) is 38.5 Å². The van der Waals surface area contributed by atoms with E-state index in [1.807, 2.05) is 5.32 Å². The molecule has 4 nitrogen and oxygen atoms in total. The van der Waals surface area contributed by atoms with Gasteiger partial charge in [-0.05, 0) is 73.9 Å². The highest BCUT2D eigenvalue weighted by Crippen LogP contribution is 2.65. The van der Waals surface area contributed by atoms with Crippen LogP contribution < -0.4 is 5.32 Å². The third kappa shape index (κ3) is 4.14. The summed E-state index contributed by atoms with van der Waals surface area (Å²) in [5.41, 5.74) is -0.218. The average Bonchev–Trinajstić information content (AvgIpc) is 3.02. The van der Waals surface area contributed by atoms with E-state index < -0.39 is 12.1 Å². The zero-order valence-electron chi connectivity index (χ0n) is 18.9. The van der Waals surface area contributed by atoms with Gasteiger partial charge in [-0.15, -0.1) is 0 Å². The fraction of sp³-hybridized carbons (Fsp3) is 0.875. The number of hydrogen-bond donors (Lipinski definition) is 1. The van der Waals surface area contributed by atoms with Crippen LogP contribution in [0.15, 0.2) is 0 Å². The summed E-state index contributed by atoms with van der Waals surface area (Å²) in [6, 6.07) is 0. The minimum Gasteiger partial charge on any atom is -0.348 e. The first kappa shape index (κ1) is 24.1. The van der Waals surface area contributed by atoms with Crippen molar-refractivity contribution in [2.45, 2.75) is 83.1 Å². The van der Waals surface area contributed by atoms with Gasteiger partial charge in [-0.2, -0.15) is 24.9 Å². The molecule has 0 heterocycles. The van der Waals surface area contributed by atoms with Crippen LogP contribution in [0.25, 0.3) is 0 Å². The fourth-order valence-electron chi connectivity index (χ4n) is 7.55. The van der Waals surface area contributed by atoms with Crippen molar-refractivity contribution in [3.8, 4) is 0 Å². The van der Waals surface area contributed by atoms with Crippen molar-refractivity contribution < 1.29 is 27.6 Å². The summed E-state index contributed by atoms with van der Waals surface area (Å²) in [5, 5.41) is 2.26. The zero-order chi connectivity index (χ0) is 23.3. The number of hydrogen-bond acceptors (Lipinski definition) is 4. The highest BCUT2D eigenvalue weighted by atomic mass is 32.2. The van der Waals surface area contributed by atoms with Gasteiger partial charge in [-0.25, -0.2) is 0 Å². The second-order valence-electron chi connectivity index (χ2n) is 10.9. The lowest BCUT2D eigenvalue weighted by Crippen LogP contribution is -2.56. The molecule has 8 heteroatoms. The Morgan fingerprint density at radius 3 is 2.59 bits per heavy atom. The Balaban J connectivity index is 1.32. The van der Waals surface area contributed by atoms with Crippen molar-refractivity contribution in [1.82, 2.24) is 5.32 Å². The van der Waals surface area contributed by atoms with Crippen LogP contribution in [0, 0.1) is 34.5 Å². The molecule has 4 fully saturated rings. The van der Waals surface area contributed by atoms with Crippen molar-refractivity contribution in [2.75, 3.05) is 12.3 Å². The number of carbonyl (C=O) groups excluding carboxylic acids is 3. The summed E-state index contributed by atoms with van der Waals surface area (Å²) in [6.07, 6.45) is 2.73. The molecule has 0 aromatic heterocycles. The van der Waals surface area contributed by atoms with Crippen LogP contribution in [-0.4, -0.2) is 41.2 Å². The molecule has 4 aliphatic rings. The predicted octanol–water partition coefficient (Wildman–Crippen LogP) is 4.95. The van der Waals surface area contributed by atoms with Crippen LogP contribution in [-0.2, 0) is 14.4 Å². The van der Waals surface area contributed by atoms with Crippen molar-refractivity contribution >= 4 is 29.2 Å². The maximum atomic E-state index is 13.3. The minimum absolute atomic E-state index is 0.00467. The van der Waals surface area contributed by atoms with Gasteiger partial charge >= 0.3 is 12.1 Å². The molecule has 0 aliphatic heterocycles. The first-order valence-electron chi connectivity index (χ1n) is 12.0. The van der Waals surface area contributed by atoms with Crippen molar-refractivity contribution in [1.29, 1.82) is 0 Å². The Morgan fingerprint density at radius 1 is 1.12 bits per heavy atom. The number of ketones is 2.